The molecule has 5 atom stereocenters. The number of thiocarbonyl (C=S) groups is 1. The third-order valence-electron chi connectivity index (χ3n) is 6.40. The summed E-state index contributed by atoms with van der Waals surface area (Å²) in [6.07, 6.45) is -2.82. The molecule has 0 saturated carbocycles. The van der Waals surface area contributed by atoms with Gasteiger partial charge < -0.3 is 28.4 Å². The number of hydrogen-bond acceptors (Lipinski definition) is 8. The molecule has 2 aliphatic rings. The summed E-state index contributed by atoms with van der Waals surface area (Å²) in [6, 6.07) is 21.7. The molecule has 2 fully saturated rings. The van der Waals surface area contributed by atoms with E-state index in [9.17, 15) is 4.79 Å². The average Bonchev–Trinajstić information content (AvgIpc) is 2.92. The molecule has 3 aromatic carbocycles. The van der Waals surface area contributed by atoms with Crippen LogP contribution in [0.25, 0.3) is 0 Å². The van der Waals surface area contributed by atoms with Crippen molar-refractivity contribution in [2.45, 2.75) is 44.1 Å². The van der Waals surface area contributed by atoms with E-state index < -0.39 is 36.7 Å². The average molecular weight is 589 g/mol. The smallest absolute Gasteiger partial charge is 0.358 e. The molecule has 39 heavy (non-hydrogen) atoms. The summed E-state index contributed by atoms with van der Waals surface area (Å²) in [7, 11) is 0. The second-order valence-electron chi connectivity index (χ2n) is 9.24. The first-order valence-electron chi connectivity index (χ1n) is 12.4. The molecule has 5 rings (SSSR count). The molecule has 0 amide bonds. The maximum Gasteiger partial charge on any atom is 0.358 e. The molecule has 0 spiro atoms. The van der Waals surface area contributed by atoms with Gasteiger partial charge in [0.15, 0.2) is 24.2 Å². The molecule has 0 aliphatic carbocycles. The number of benzene rings is 3. The van der Waals surface area contributed by atoms with E-state index in [1.165, 1.54) is 6.07 Å². The van der Waals surface area contributed by atoms with Crippen LogP contribution in [0.4, 0.5) is 0 Å². The minimum atomic E-state index is -0.835. The lowest BCUT2D eigenvalue weighted by Gasteiger charge is -2.45. The molecule has 2 saturated heterocycles. The Bertz CT molecular complexity index is 1300. The Labute approximate surface area is 241 Å². The highest BCUT2D eigenvalue weighted by atomic mass is 35.5. The minimum Gasteiger partial charge on any atom is -0.452 e. The number of halogens is 2. The molecule has 2 heterocycles. The van der Waals surface area contributed by atoms with Crippen LogP contribution in [0.2, 0.25) is 10.0 Å². The SMILES string of the molecule is Cc1ccc(C(=O)O[C@@H]2CO[C@@H]3CO[C@H](Cc4ccccc4)O[C@H]3[C@@H]2OC(=S)Oc2ccc(Cl)cc2Cl)cc1. The lowest BCUT2D eigenvalue weighted by atomic mass is 9.98. The first-order chi connectivity index (χ1) is 18.9. The molecular formula is C29H26Cl2O7S. The van der Waals surface area contributed by atoms with Gasteiger partial charge in [0, 0.05) is 23.7 Å². The predicted octanol–water partition coefficient (Wildman–Crippen LogP) is 5.96. The zero-order valence-corrected chi connectivity index (χ0v) is 23.3. The van der Waals surface area contributed by atoms with Crippen LogP contribution in [-0.2, 0) is 30.1 Å². The standard InChI is InChI=1S/C29H26Cl2O7S/c1-17-7-9-19(10-8-17)28(32)35-24-16-33-23-15-34-25(13-18-5-3-2-4-6-18)37-26(23)27(24)38-29(39)36-22-12-11-20(30)14-21(22)31/h2-12,14,23-27H,13,15-16H2,1H3/t23-,24-,25+,26-,27-/m1/s1. The highest BCUT2D eigenvalue weighted by molar-refractivity contribution is 7.79. The van der Waals surface area contributed by atoms with Gasteiger partial charge in [0.1, 0.15) is 12.2 Å². The molecule has 0 N–H and O–H groups in total. The molecular weight excluding hydrogens is 563 g/mol. The number of fused-ring (bicyclic) bond motifs is 1. The Morgan fingerprint density at radius 1 is 0.974 bits per heavy atom. The Kier molecular flexibility index (Phi) is 9.02. The van der Waals surface area contributed by atoms with Crippen molar-refractivity contribution < 1.29 is 33.2 Å². The van der Waals surface area contributed by atoms with Gasteiger partial charge in [0.2, 0.25) is 0 Å². The zero-order chi connectivity index (χ0) is 27.4. The van der Waals surface area contributed by atoms with Crippen molar-refractivity contribution in [2.24, 2.45) is 0 Å². The second-order valence-corrected chi connectivity index (χ2v) is 10.4. The fourth-order valence-electron chi connectivity index (χ4n) is 4.39. The monoisotopic (exact) mass is 588 g/mol. The summed E-state index contributed by atoms with van der Waals surface area (Å²) < 4.78 is 35.9. The number of rotatable bonds is 6. The van der Waals surface area contributed by atoms with Gasteiger partial charge in [-0.05, 0) is 42.8 Å². The van der Waals surface area contributed by atoms with E-state index in [2.05, 4.69) is 0 Å². The number of esters is 1. The summed E-state index contributed by atoms with van der Waals surface area (Å²) in [6.45, 7) is 2.28. The van der Waals surface area contributed by atoms with Crippen LogP contribution < -0.4 is 4.74 Å². The van der Waals surface area contributed by atoms with Gasteiger partial charge in [-0.2, -0.15) is 0 Å². The molecule has 7 nitrogen and oxygen atoms in total. The Morgan fingerprint density at radius 2 is 1.74 bits per heavy atom. The van der Waals surface area contributed by atoms with Gasteiger partial charge in [-0.15, -0.1) is 0 Å². The largest absolute Gasteiger partial charge is 0.452 e. The third-order valence-corrected chi connectivity index (χ3v) is 7.11. The van der Waals surface area contributed by atoms with Crippen LogP contribution in [-0.4, -0.2) is 55.1 Å². The van der Waals surface area contributed by atoms with Gasteiger partial charge in [-0.25, -0.2) is 4.79 Å². The minimum absolute atomic E-state index is 0.0593. The van der Waals surface area contributed by atoms with Crippen molar-refractivity contribution in [3.05, 3.63) is 99.5 Å². The van der Waals surface area contributed by atoms with Crippen molar-refractivity contribution >= 4 is 46.6 Å². The number of carbonyl (C=O) groups excluding carboxylic acids is 1. The van der Waals surface area contributed by atoms with E-state index in [1.54, 1.807) is 24.3 Å². The van der Waals surface area contributed by atoms with E-state index in [0.717, 1.165) is 11.1 Å². The fourth-order valence-corrected chi connectivity index (χ4v) is 5.04. The normalized spacial score (nSPS) is 24.3. The molecule has 2 aliphatic heterocycles. The molecule has 204 valence electrons. The van der Waals surface area contributed by atoms with Crippen LogP contribution >= 0.6 is 35.4 Å². The number of ether oxygens (including phenoxy) is 6. The highest BCUT2D eigenvalue weighted by Gasteiger charge is 2.49. The zero-order valence-electron chi connectivity index (χ0n) is 21.0. The fraction of sp³-hybridized carbons (Fsp3) is 0.310. The van der Waals surface area contributed by atoms with Crippen LogP contribution in [0.3, 0.4) is 0 Å². The van der Waals surface area contributed by atoms with Crippen LogP contribution in [0.5, 0.6) is 5.75 Å². The molecule has 10 heteroatoms. The van der Waals surface area contributed by atoms with Crippen LogP contribution in [0.15, 0.2) is 72.8 Å². The first kappa shape index (κ1) is 27.8. The van der Waals surface area contributed by atoms with Crippen LogP contribution in [0, 0.1) is 6.92 Å². The third kappa shape index (κ3) is 7.08. The van der Waals surface area contributed by atoms with Crippen LogP contribution in [0.1, 0.15) is 21.5 Å². The van der Waals surface area contributed by atoms with Crippen molar-refractivity contribution in [3.8, 4) is 5.75 Å². The van der Waals surface area contributed by atoms with Crippen molar-refractivity contribution in [3.63, 3.8) is 0 Å². The summed E-state index contributed by atoms with van der Waals surface area (Å²) in [5, 5.41) is 0.511. The lowest BCUT2D eigenvalue weighted by Crippen LogP contribution is -2.61. The van der Waals surface area contributed by atoms with Crippen molar-refractivity contribution in [1.29, 1.82) is 0 Å². The van der Waals surface area contributed by atoms with Crippen molar-refractivity contribution in [2.75, 3.05) is 13.2 Å². The predicted molar refractivity (Wildman–Crippen MR) is 149 cm³/mol. The van der Waals surface area contributed by atoms with E-state index in [-0.39, 0.29) is 29.2 Å². The summed E-state index contributed by atoms with van der Waals surface area (Å²) in [5.74, 6) is -0.242. The molecule has 0 aromatic heterocycles. The topological polar surface area (TPSA) is 72.5 Å². The molecule has 0 unspecified atom stereocenters. The number of hydrogen-bond donors (Lipinski definition) is 0. The van der Waals surface area contributed by atoms with Gasteiger partial charge in [0.05, 0.1) is 23.8 Å². The first-order valence-corrected chi connectivity index (χ1v) is 13.6. The van der Waals surface area contributed by atoms with Crippen molar-refractivity contribution in [1.82, 2.24) is 0 Å². The Morgan fingerprint density at radius 3 is 2.49 bits per heavy atom. The highest BCUT2D eigenvalue weighted by Crippen LogP contribution is 2.32. The van der Waals surface area contributed by atoms with Gasteiger partial charge >= 0.3 is 11.2 Å². The number of carbonyl (C=O) groups is 1. The quantitative estimate of drug-likeness (QED) is 0.258. The molecule has 3 aromatic rings. The Balaban J connectivity index is 1.35. The van der Waals surface area contributed by atoms with E-state index >= 15 is 0 Å². The van der Waals surface area contributed by atoms with Gasteiger partial charge in [-0.3, -0.25) is 0 Å². The summed E-state index contributed by atoms with van der Waals surface area (Å²) in [4.78, 5) is 13.0. The summed E-state index contributed by atoms with van der Waals surface area (Å²) >= 11 is 17.6. The summed E-state index contributed by atoms with van der Waals surface area (Å²) in [5.41, 5.74) is 2.48. The second kappa shape index (κ2) is 12.6. The van der Waals surface area contributed by atoms with Gasteiger partial charge in [-0.1, -0.05) is 71.2 Å². The Hall–Kier alpha value is -2.72. The molecule has 0 radical (unpaired) electrons. The van der Waals surface area contributed by atoms with Gasteiger partial charge in [0.25, 0.3) is 0 Å². The lowest BCUT2D eigenvalue weighted by molar-refractivity contribution is -0.307. The number of aryl methyl sites for hydroxylation is 1. The maximum atomic E-state index is 13.0. The molecule has 0 bridgehead atoms. The van der Waals surface area contributed by atoms with E-state index in [0.29, 0.717) is 17.0 Å². The maximum absolute atomic E-state index is 13.0. The van der Waals surface area contributed by atoms with E-state index in [4.69, 9.17) is 63.8 Å². The van der Waals surface area contributed by atoms with E-state index in [1.807, 2.05) is 49.4 Å².